The van der Waals surface area contributed by atoms with Crippen molar-refractivity contribution in [2.45, 2.75) is 31.0 Å². The lowest BCUT2D eigenvalue weighted by Gasteiger charge is -2.27. The van der Waals surface area contributed by atoms with Crippen molar-refractivity contribution in [1.29, 1.82) is 0 Å². The number of nitrogens with one attached hydrogen (secondary N) is 1. The van der Waals surface area contributed by atoms with E-state index in [4.69, 9.17) is 4.74 Å². The van der Waals surface area contributed by atoms with Crippen LogP contribution < -0.4 is 5.32 Å². The second-order valence-electron chi connectivity index (χ2n) is 8.24. The van der Waals surface area contributed by atoms with Gasteiger partial charge in [0.1, 0.15) is 18.7 Å². The van der Waals surface area contributed by atoms with Gasteiger partial charge in [0.05, 0.1) is 11.7 Å². The summed E-state index contributed by atoms with van der Waals surface area (Å²) in [7, 11) is 0. The predicted molar refractivity (Wildman–Crippen MR) is 124 cm³/mol. The topological polar surface area (TPSA) is 88.6 Å². The second-order valence-corrected chi connectivity index (χ2v) is 9.18. The summed E-state index contributed by atoms with van der Waals surface area (Å²) in [6.07, 6.45) is 3.91. The highest BCUT2D eigenvalue weighted by atomic mass is 32.1. The monoisotopic (exact) mass is 461 g/mol. The number of carbonyl (C=O) groups excluding carboxylic acids is 3. The minimum absolute atomic E-state index is 0.0377. The molecule has 3 aromatic rings. The molecule has 2 aliphatic heterocycles. The number of benzene rings is 1. The number of ether oxygens (including phenoxy) is 1. The van der Waals surface area contributed by atoms with Gasteiger partial charge in [-0.1, -0.05) is 36.4 Å². The molecule has 7 nitrogen and oxygen atoms in total. The molecule has 4 heterocycles. The highest BCUT2D eigenvalue weighted by Crippen LogP contribution is 2.28. The Kier molecular flexibility index (Phi) is 6.02. The minimum atomic E-state index is -0.808. The third kappa shape index (κ3) is 4.44. The predicted octanol–water partition coefficient (Wildman–Crippen LogP) is 2.72. The average molecular weight is 462 g/mol. The van der Waals surface area contributed by atoms with Gasteiger partial charge in [-0.3, -0.25) is 19.4 Å². The maximum atomic E-state index is 13.5. The molecule has 3 unspecified atom stereocenters. The number of pyridine rings is 1. The summed E-state index contributed by atoms with van der Waals surface area (Å²) in [5.41, 5.74) is 2.15. The van der Waals surface area contributed by atoms with Gasteiger partial charge >= 0.3 is 0 Å². The lowest BCUT2D eigenvalue weighted by molar-refractivity contribution is -0.138. The van der Waals surface area contributed by atoms with Crippen LogP contribution in [0.3, 0.4) is 0 Å². The molecule has 8 heteroatoms. The van der Waals surface area contributed by atoms with E-state index >= 15 is 0 Å². The van der Waals surface area contributed by atoms with Crippen molar-refractivity contribution in [3.63, 3.8) is 0 Å². The van der Waals surface area contributed by atoms with Gasteiger partial charge in [-0.05, 0) is 29.5 Å². The van der Waals surface area contributed by atoms with E-state index in [1.54, 1.807) is 28.5 Å². The number of fused-ring (bicyclic) bond motifs is 1. The quantitative estimate of drug-likeness (QED) is 0.610. The number of hydrogen-bond donors (Lipinski definition) is 1. The Morgan fingerprint density at radius 3 is 2.82 bits per heavy atom. The maximum Gasteiger partial charge on any atom is 0.253 e. The fourth-order valence-corrected chi connectivity index (χ4v) is 5.18. The first-order valence-electron chi connectivity index (χ1n) is 10.9. The number of carbonyl (C=O) groups is 3. The number of thiophene rings is 1. The molecule has 2 amide bonds. The van der Waals surface area contributed by atoms with Crippen LogP contribution in [-0.4, -0.2) is 58.8 Å². The molecule has 0 saturated carbocycles. The standard InChI is InChI=1S/C25H23N3O4S/c29-20-15-32-21-8-9-28(23(20)21)25(31)19(11-16-5-2-1-3-6-16)27-24(30)18-12-17(13-26-14-18)22-7-4-10-33-22/h1-7,10,12-14,19,21,23H,8-9,11,15H2,(H,27,30). The van der Waals surface area contributed by atoms with Gasteiger partial charge in [-0.25, -0.2) is 0 Å². The summed E-state index contributed by atoms with van der Waals surface area (Å²) in [6.45, 7) is 0.479. The Balaban J connectivity index is 1.39. The van der Waals surface area contributed by atoms with Gasteiger partial charge in [0, 0.05) is 35.8 Å². The summed E-state index contributed by atoms with van der Waals surface area (Å²) in [4.78, 5) is 45.9. The van der Waals surface area contributed by atoms with Crippen LogP contribution in [0.4, 0.5) is 0 Å². The molecule has 0 radical (unpaired) electrons. The first-order valence-corrected chi connectivity index (χ1v) is 11.8. The van der Waals surface area contributed by atoms with Crippen LogP contribution in [-0.2, 0) is 20.7 Å². The number of hydrogen-bond acceptors (Lipinski definition) is 6. The first-order chi connectivity index (χ1) is 16.1. The van der Waals surface area contributed by atoms with Crippen LogP contribution >= 0.6 is 11.3 Å². The van der Waals surface area contributed by atoms with Gasteiger partial charge in [0.25, 0.3) is 5.91 Å². The summed E-state index contributed by atoms with van der Waals surface area (Å²) in [6, 6.07) is 13.9. The third-order valence-corrected chi connectivity index (χ3v) is 7.01. The SMILES string of the molecule is O=C(NC(Cc1ccccc1)C(=O)N1CCC2OCC(=O)C21)c1cncc(-c2cccs2)c1. The maximum absolute atomic E-state index is 13.5. The molecule has 1 aromatic carbocycles. The van der Waals surface area contributed by atoms with E-state index in [-0.39, 0.29) is 30.3 Å². The van der Waals surface area contributed by atoms with E-state index in [1.165, 1.54) is 6.20 Å². The number of amides is 2. The van der Waals surface area contributed by atoms with Crippen molar-refractivity contribution in [3.8, 4) is 10.4 Å². The summed E-state index contributed by atoms with van der Waals surface area (Å²) >= 11 is 1.57. The van der Waals surface area contributed by atoms with Gasteiger partial charge in [-0.15, -0.1) is 11.3 Å². The molecule has 2 saturated heterocycles. The minimum Gasteiger partial charge on any atom is -0.368 e. The van der Waals surface area contributed by atoms with Gasteiger partial charge in [0.15, 0.2) is 5.78 Å². The molecule has 0 spiro atoms. The summed E-state index contributed by atoms with van der Waals surface area (Å²) < 4.78 is 5.53. The zero-order valence-corrected chi connectivity index (χ0v) is 18.7. The van der Waals surface area contributed by atoms with E-state index in [0.717, 1.165) is 16.0 Å². The normalized spacial score (nSPS) is 20.5. The highest BCUT2D eigenvalue weighted by molar-refractivity contribution is 7.13. The van der Waals surface area contributed by atoms with Crippen molar-refractivity contribution in [1.82, 2.24) is 15.2 Å². The molecule has 3 atom stereocenters. The van der Waals surface area contributed by atoms with E-state index in [1.807, 2.05) is 47.8 Å². The van der Waals surface area contributed by atoms with Crippen molar-refractivity contribution in [3.05, 3.63) is 77.4 Å². The summed E-state index contributed by atoms with van der Waals surface area (Å²) in [5.74, 6) is -0.718. The lowest BCUT2D eigenvalue weighted by atomic mass is 10.0. The lowest BCUT2D eigenvalue weighted by Crippen LogP contribution is -2.53. The van der Waals surface area contributed by atoms with Crippen molar-refractivity contribution < 1.29 is 19.1 Å². The number of likely N-dealkylation sites (tertiary alicyclic amines) is 1. The number of ketones is 1. The van der Waals surface area contributed by atoms with E-state index in [2.05, 4.69) is 10.3 Å². The number of Topliss-reactive ketones (excluding diaryl/α,β-unsaturated/α-hetero) is 1. The van der Waals surface area contributed by atoms with Gasteiger partial charge in [0.2, 0.25) is 5.91 Å². The molecule has 2 aromatic heterocycles. The van der Waals surface area contributed by atoms with Crippen LogP contribution in [0.2, 0.25) is 0 Å². The Morgan fingerprint density at radius 1 is 1.18 bits per heavy atom. The fraction of sp³-hybridized carbons (Fsp3) is 0.280. The van der Waals surface area contributed by atoms with Crippen molar-refractivity contribution in [2.75, 3.05) is 13.2 Å². The van der Waals surface area contributed by atoms with Crippen molar-refractivity contribution in [2.24, 2.45) is 0 Å². The molecule has 2 fully saturated rings. The number of rotatable bonds is 6. The zero-order chi connectivity index (χ0) is 22.8. The van der Waals surface area contributed by atoms with E-state index in [9.17, 15) is 14.4 Å². The summed E-state index contributed by atoms with van der Waals surface area (Å²) in [5, 5.41) is 4.87. The Hall–Kier alpha value is -3.36. The molecular weight excluding hydrogens is 438 g/mol. The molecule has 0 aliphatic carbocycles. The molecule has 1 N–H and O–H groups in total. The first kappa shape index (κ1) is 21.5. The van der Waals surface area contributed by atoms with Crippen LogP contribution in [0.1, 0.15) is 22.3 Å². The highest BCUT2D eigenvalue weighted by Gasteiger charge is 2.48. The van der Waals surface area contributed by atoms with E-state index in [0.29, 0.717) is 24.9 Å². The van der Waals surface area contributed by atoms with Gasteiger partial charge < -0.3 is 15.0 Å². The van der Waals surface area contributed by atoms with Gasteiger partial charge in [-0.2, -0.15) is 0 Å². The van der Waals surface area contributed by atoms with Crippen LogP contribution in [0, 0.1) is 0 Å². The zero-order valence-electron chi connectivity index (χ0n) is 17.8. The Morgan fingerprint density at radius 2 is 2.03 bits per heavy atom. The number of nitrogens with zero attached hydrogens (tertiary/aromatic N) is 2. The fourth-order valence-electron chi connectivity index (χ4n) is 4.47. The molecule has 2 aliphatic rings. The number of aromatic nitrogens is 1. The molecule has 5 rings (SSSR count). The van der Waals surface area contributed by atoms with Crippen molar-refractivity contribution >= 4 is 28.9 Å². The van der Waals surface area contributed by atoms with Crippen LogP contribution in [0.15, 0.2) is 66.3 Å². The van der Waals surface area contributed by atoms with E-state index < -0.39 is 12.1 Å². The molecule has 168 valence electrons. The Bertz CT molecular complexity index is 1170. The molecule has 0 bridgehead atoms. The van der Waals surface area contributed by atoms with Crippen LogP contribution in [0.25, 0.3) is 10.4 Å². The molecular formula is C25H23N3O4S. The van der Waals surface area contributed by atoms with Crippen LogP contribution in [0.5, 0.6) is 0 Å². The molecule has 33 heavy (non-hydrogen) atoms. The Labute approximate surface area is 195 Å². The smallest absolute Gasteiger partial charge is 0.253 e. The third-order valence-electron chi connectivity index (χ3n) is 6.09. The second kappa shape index (κ2) is 9.25. The largest absolute Gasteiger partial charge is 0.368 e. The average Bonchev–Trinajstić information content (AvgIpc) is 3.59.